The second-order valence-corrected chi connectivity index (χ2v) is 3.53. The second kappa shape index (κ2) is 4.06. The molecule has 82 valence electrons. The highest BCUT2D eigenvalue weighted by Crippen LogP contribution is 2.10. The molecule has 5 heteroatoms. The van der Waals surface area contributed by atoms with E-state index in [4.69, 9.17) is 5.73 Å². The number of aryl methyl sites for hydroxylation is 1. The quantitative estimate of drug-likeness (QED) is 0.712. The second-order valence-electron chi connectivity index (χ2n) is 3.53. The monoisotopic (exact) mass is 216 g/mol. The molecule has 0 aliphatic heterocycles. The molecular formula is C11H12N4O. The molecule has 4 N–H and O–H groups in total. The van der Waals surface area contributed by atoms with E-state index in [2.05, 4.69) is 15.5 Å². The molecule has 0 saturated heterocycles. The molecule has 16 heavy (non-hydrogen) atoms. The molecule has 0 aliphatic carbocycles. The Hall–Kier alpha value is -2.30. The van der Waals surface area contributed by atoms with Crippen molar-refractivity contribution in [2.24, 2.45) is 0 Å². The number of carbonyl (C=O) groups excluding carboxylic acids is 1. The smallest absolute Gasteiger partial charge is 0.273 e. The number of carbonyl (C=O) groups is 1. The van der Waals surface area contributed by atoms with Crippen LogP contribution in [0.2, 0.25) is 0 Å². The molecule has 2 aromatic rings. The zero-order chi connectivity index (χ0) is 11.5. The van der Waals surface area contributed by atoms with E-state index in [1.165, 1.54) is 6.07 Å². The maximum absolute atomic E-state index is 11.7. The number of rotatable bonds is 2. The molecule has 0 atom stereocenters. The van der Waals surface area contributed by atoms with E-state index in [-0.39, 0.29) is 5.91 Å². The lowest BCUT2D eigenvalue weighted by atomic mass is 10.2. The number of H-pyrrole nitrogens is 1. The van der Waals surface area contributed by atoms with Gasteiger partial charge in [-0.2, -0.15) is 5.10 Å². The van der Waals surface area contributed by atoms with Gasteiger partial charge in [0.15, 0.2) is 0 Å². The Labute approximate surface area is 92.7 Å². The van der Waals surface area contributed by atoms with Gasteiger partial charge >= 0.3 is 0 Å². The summed E-state index contributed by atoms with van der Waals surface area (Å²) in [7, 11) is 0. The van der Waals surface area contributed by atoms with Crippen molar-refractivity contribution in [3.63, 3.8) is 0 Å². The molecule has 0 saturated carbocycles. The number of aromatic amines is 1. The number of nitrogen functional groups attached to an aromatic ring is 1. The van der Waals surface area contributed by atoms with Crippen LogP contribution in [0.15, 0.2) is 30.3 Å². The largest absolute Gasteiger partial charge is 0.382 e. The van der Waals surface area contributed by atoms with Gasteiger partial charge in [0.1, 0.15) is 11.5 Å². The molecule has 0 unspecified atom stereocenters. The van der Waals surface area contributed by atoms with Gasteiger partial charge < -0.3 is 11.1 Å². The van der Waals surface area contributed by atoms with E-state index in [9.17, 15) is 4.79 Å². The van der Waals surface area contributed by atoms with Crippen molar-refractivity contribution in [2.75, 3.05) is 11.1 Å². The van der Waals surface area contributed by atoms with Crippen LogP contribution in [-0.2, 0) is 0 Å². The molecule has 1 aromatic carbocycles. The van der Waals surface area contributed by atoms with Gasteiger partial charge in [-0.3, -0.25) is 9.89 Å². The van der Waals surface area contributed by atoms with Crippen LogP contribution in [-0.4, -0.2) is 16.1 Å². The molecule has 1 heterocycles. The van der Waals surface area contributed by atoms with Crippen LogP contribution in [0.3, 0.4) is 0 Å². The lowest BCUT2D eigenvalue weighted by Crippen LogP contribution is -2.12. The molecule has 0 spiro atoms. The summed E-state index contributed by atoms with van der Waals surface area (Å²) in [6, 6.07) is 9.03. The first kappa shape index (κ1) is 10.2. The van der Waals surface area contributed by atoms with Crippen molar-refractivity contribution < 1.29 is 4.79 Å². The average Bonchev–Trinajstić information content (AvgIpc) is 2.68. The predicted octanol–water partition coefficient (Wildman–Crippen LogP) is 1.55. The molecule has 0 fully saturated rings. The molecule has 5 nitrogen and oxygen atoms in total. The first-order valence-electron chi connectivity index (χ1n) is 4.84. The molecule has 0 aliphatic rings. The molecule has 1 aromatic heterocycles. The minimum absolute atomic E-state index is 0.256. The summed E-state index contributed by atoms with van der Waals surface area (Å²) >= 11 is 0. The maximum Gasteiger partial charge on any atom is 0.273 e. The summed E-state index contributed by atoms with van der Waals surface area (Å²) < 4.78 is 0. The highest BCUT2D eigenvalue weighted by molar-refractivity contribution is 6.03. The fourth-order valence-corrected chi connectivity index (χ4v) is 1.29. The average molecular weight is 216 g/mol. The SMILES string of the molecule is Cc1ccc(NC(=O)c2cc(N)n[nH]2)cc1. The molecule has 0 bridgehead atoms. The van der Waals surface area contributed by atoms with Crippen molar-refractivity contribution >= 4 is 17.4 Å². The Morgan fingerprint density at radius 3 is 2.62 bits per heavy atom. The highest BCUT2D eigenvalue weighted by atomic mass is 16.1. The summed E-state index contributed by atoms with van der Waals surface area (Å²) in [5, 5.41) is 8.97. The van der Waals surface area contributed by atoms with Gasteiger partial charge in [-0.25, -0.2) is 0 Å². The van der Waals surface area contributed by atoms with Crippen molar-refractivity contribution in [3.8, 4) is 0 Å². The maximum atomic E-state index is 11.7. The normalized spacial score (nSPS) is 10.1. The number of nitrogens with one attached hydrogen (secondary N) is 2. The zero-order valence-electron chi connectivity index (χ0n) is 8.82. The number of hydrogen-bond donors (Lipinski definition) is 3. The van der Waals surface area contributed by atoms with Crippen LogP contribution in [0.4, 0.5) is 11.5 Å². The van der Waals surface area contributed by atoms with Crippen LogP contribution < -0.4 is 11.1 Å². The van der Waals surface area contributed by atoms with Crippen LogP contribution in [0.1, 0.15) is 16.1 Å². The Balaban J connectivity index is 2.10. The highest BCUT2D eigenvalue weighted by Gasteiger charge is 2.08. The first-order chi connectivity index (χ1) is 7.65. The summed E-state index contributed by atoms with van der Waals surface area (Å²) in [5.74, 6) is 0.0436. The standard InChI is InChI=1S/C11H12N4O/c1-7-2-4-8(5-3-7)13-11(16)9-6-10(12)15-14-9/h2-6H,1H3,(H,13,16)(H3,12,14,15). The van der Waals surface area contributed by atoms with Gasteiger partial charge in [-0.1, -0.05) is 17.7 Å². The van der Waals surface area contributed by atoms with E-state index >= 15 is 0 Å². The van der Waals surface area contributed by atoms with E-state index in [0.29, 0.717) is 11.5 Å². The third-order valence-electron chi connectivity index (χ3n) is 2.15. The number of hydrogen-bond acceptors (Lipinski definition) is 3. The van der Waals surface area contributed by atoms with Crippen molar-refractivity contribution in [2.45, 2.75) is 6.92 Å². The summed E-state index contributed by atoms with van der Waals surface area (Å²) in [6.07, 6.45) is 0. The number of aromatic nitrogens is 2. The van der Waals surface area contributed by atoms with Gasteiger partial charge in [0, 0.05) is 11.8 Å². The molecule has 1 amide bonds. The molecular weight excluding hydrogens is 204 g/mol. The number of benzene rings is 1. The van der Waals surface area contributed by atoms with Gasteiger partial charge in [0.25, 0.3) is 5.91 Å². The zero-order valence-corrected chi connectivity index (χ0v) is 8.82. The molecule has 2 rings (SSSR count). The Bertz CT molecular complexity index is 501. The van der Waals surface area contributed by atoms with Crippen molar-refractivity contribution in [1.29, 1.82) is 0 Å². The Morgan fingerprint density at radius 1 is 1.38 bits per heavy atom. The fourth-order valence-electron chi connectivity index (χ4n) is 1.29. The van der Waals surface area contributed by atoms with E-state index in [1.54, 1.807) is 0 Å². The minimum atomic E-state index is -0.256. The Morgan fingerprint density at radius 2 is 2.06 bits per heavy atom. The third-order valence-corrected chi connectivity index (χ3v) is 2.15. The van der Waals surface area contributed by atoms with Gasteiger partial charge in [0.2, 0.25) is 0 Å². The van der Waals surface area contributed by atoms with Gasteiger partial charge in [0.05, 0.1) is 0 Å². The van der Waals surface area contributed by atoms with Crippen molar-refractivity contribution in [1.82, 2.24) is 10.2 Å². The topological polar surface area (TPSA) is 83.8 Å². The number of nitrogens with two attached hydrogens (primary N) is 1. The number of amides is 1. The summed E-state index contributed by atoms with van der Waals surface area (Å²) in [5.41, 5.74) is 7.63. The van der Waals surface area contributed by atoms with Crippen LogP contribution in [0.25, 0.3) is 0 Å². The van der Waals surface area contributed by atoms with Crippen LogP contribution >= 0.6 is 0 Å². The van der Waals surface area contributed by atoms with E-state index in [0.717, 1.165) is 11.3 Å². The third kappa shape index (κ3) is 2.20. The van der Waals surface area contributed by atoms with Gasteiger partial charge in [-0.05, 0) is 19.1 Å². The van der Waals surface area contributed by atoms with Crippen LogP contribution in [0.5, 0.6) is 0 Å². The van der Waals surface area contributed by atoms with Crippen LogP contribution in [0, 0.1) is 6.92 Å². The lowest BCUT2D eigenvalue weighted by molar-refractivity contribution is 0.102. The van der Waals surface area contributed by atoms with E-state index < -0.39 is 0 Å². The first-order valence-corrected chi connectivity index (χ1v) is 4.84. The fraction of sp³-hybridized carbons (Fsp3) is 0.0909. The van der Waals surface area contributed by atoms with E-state index in [1.807, 2.05) is 31.2 Å². The minimum Gasteiger partial charge on any atom is -0.382 e. The Kier molecular flexibility index (Phi) is 2.59. The number of nitrogens with zero attached hydrogens (tertiary/aromatic N) is 1. The lowest BCUT2D eigenvalue weighted by Gasteiger charge is -2.03. The molecule has 0 radical (unpaired) electrons. The van der Waals surface area contributed by atoms with Gasteiger partial charge in [-0.15, -0.1) is 0 Å². The number of anilines is 2. The summed E-state index contributed by atoms with van der Waals surface area (Å²) in [4.78, 5) is 11.7. The van der Waals surface area contributed by atoms with Crippen molar-refractivity contribution in [3.05, 3.63) is 41.6 Å². The predicted molar refractivity (Wildman–Crippen MR) is 62.1 cm³/mol. The summed E-state index contributed by atoms with van der Waals surface area (Å²) in [6.45, 7) is 1.99.